The second-order valence-corrected chi connectivity index (χ2v) is 4.54. The van der Waals surface area contributed by atoms with E-state index in [1.165, 1.54) is 19.2 Å². The summed E-state index contributed by atoms with van der Waals surface area (Å²) in [5, 5.41) is 13.6. The molecule has 21 heavy (non-hydrogen) atoms. The molecule has 10 nitrogen and oxygen atoms in total. The molecule has 1 fully saturated rings. The smallest absolute Gasteiger partial charge is 0.407 e. The van der Waals surface area contributed by atoms with Crippen molar-refractivity contribution in [2.75, 3.05) is 30.5 Å². The highest BCUT2D eigenvalue weighted by Crippen LogP contribution is 2.25. The summed E-state index contributed by atoms with van der Waals surface area (Å²) in [6, 6.07) is 2.54. The zero-order valence-electron chi connectivity index (χ0n) is 11.4. The van der Waals surface area contributed by atoms with Crippen LogP contribution in [-0.2, 0) is 4.74 Å². The number of nitrogens with two attached hydrogens (primary N) is 1. The summed E-state index contributed by atoms with van der Waals surface area (Å²) in [6.45, 7) is 1.11. The van der Waals surface area contributed by atoms with Gasteiger partial charge in [0.25, 0.3) is 5.69 Å². The summed E-state index contributed by atoms with van der Waals surface area (Å²) in [7, 11) is 1.29. The number of amides is 1. The summed E-state index contributed by atoms with van der Waals surface area (Å²) < 4.78 is 4.54. The molecule has 2 heterocycles. The van der Waals surface area contributed by atoms with Crippen LogP contribution < -0.4 is 21.5 Å². The SMILES string of the molecule is COC(=O)NC1CCN(c2cc([N+](=O)[O-])cc(NN)n2)C1. The summed E-state index contributed by atoms with van der Waals surface area (Å²) >= 11 is 0. The Balaban J connectivity index is 2.13. The van der Waals surface area contributed by atoms with Gasteiger partial charge >= 0.3 is 6.09 Å². The van der Waals surface area contributed by atoms with Crippen molar-refractivity contribution < 1.29 is 14.5 Å². The highest BCUT2D eigenvalue weighted by molar-refractivity contribution is 5.67. The van der Waals surface area contributed by atoms with Crippen molar-refractivity contribution in [2.45, 2.75) is 12.5 Å². The molecule has 1 saturated heterocycles. The number of aromatic nitrogens is 1. The van der Waals surface area contributed by atoms with E-state index in [1.807, 2.05) is 4.90 Å². The molecule has 1 aromatic heterocycles. The maximum atomic E-state index is 11.2. The number of nitrogens with zero attached hydrogens (tertiary/aromatic N) is 3. The van der Waals surface area contributed by atoms with Crippen LogP contribution in [0, 0.1) is 10.1 Å². The lowest BCUT2D eigenvalue weighted by Gasteiger charge is -2.18. The van der Waals surface area contributed by atoms with Crippen LogP contribution in [0.3, 0.4) is 0 Å². The number of nitro groups is 1. The molecule has 0 radical (unpaired) electrons. The maximum absolute atomic E-state index is 11.2. The van der Waals surface area contributed by atoms with Crippen molar-refractivity contribution >= 4 is 23.4 Å². The predicted octanol–water partition coefficient (Wildman–Crippen LogP) is 0.210. The van der Waals surface area contributed by atoms with E-state index in [1.54, 1.807) is 0 Å². The molecule has 10 heteroatoms. The standard InChI is InChI=1S/C11H16N6O4/c1-21-11(18)13-7-2-3-16(6-7)10-5-8(17(19)20)4-9(14-10)15-12/h4-5,7H,2-3,6,12H2,1H3,(H,13,18)(H,14,15). The number of alkyl carbamates (subject to hydrolysis) is 1. The van der Waals surface area contributed by atoms with Crippen molar-refractivity contribution in [3.63, 3.8) is 0 Å². The highest BCUT2D eigenvalue weighted by Gasteiger charge is 2.26. The van der Waals surface area contributed by atoms with Gasteiger partial charge in [-0.05, 0) is 6.42 Å². The van der Waals surface area contributed by atoms with E-state index in [2.05, 4.69) is 20.5 Å². The number of methoxy groups -OCH3 is 1. The van der Waals surface area contributed by atoms with Crippen molar-refractivity contribution in [3.05, 3.63) is 22.2 Å². The Morgan fingerprint density at radius 3 is 3.00 bits per heavy atom. The van der Waals surface area contributed by atoms with Crippen LogP contribution in [0.25, 0.3) is 0 Å². The lowest BCUT2D eigenvalue weighted by atomic mass is 10.3. The number of anilines is 2. The third-order valence-electron chi connectivity index (χ3n) is 3.17. The minimum absolute atomic E-state index is 0.0900. The zero-order valence-corrected chi connectivity index (χ0v) is 11.4. The molecule has 1 unspecified atom stereocenters. The van der Waals surface area contributed by atoms with E-state index in [0.717, 1.165) is 0 Å². The van der Waals surface area contributed by atoms with Gasteiger partial charge in [0.1, 0.15) is 11.6 Å². The largest absolute Gasteiger partial charge is 0.453 e. The number of carbonyl (C=O) groups excluding carboxylic acids is 1. The second kappa shape index (κ2) is 6.22. The first-order valence-electron chi connectivity index (χ1n) is 6.26. The van der Waals surface area contributed by atoms with Gasteiger partial charge in [0.05, 0.1) is 30.2 Å². The molecule has 1 amide bonds. The Labute approximate surface area is 120 Å². The fourth-order valence-corrected chi connectivity index (χ4v) is 2.16. The monoisotopic (exact) mass is 296 g/mol. The molecule has 1 aliphatic rings. The molecule has 1 aromatic rings. The summed E-state index contributed by atoms with van der Waals surface area (Å²) in [4.78, 5) is 27.6. The first-order chi connectivity index (χ1) is 10.0. The molecular weight excluding hydrogens is 280 g/mol. The van der Waals surface area contributed by atoms with E-state index >= 15 is 0 Å². The van der Waals surface area contributed by atoms with Gasteiger partial charge in [-0.15, -0.1) is 0 Å². The van der Waals surface area contributed by atoms with Gasteiger partial charge in [0.2, 0.25) is 0 Å². The number of nitrogen functional groups attached to an aromatic ring is 1. The Kier molecular flexibility index (Phi) is 4.38. The summed E-state index contributed by atoms with van der Waals surface area (Å²) in [5.74, 6) is 5.92. The maximum Gasteiger partial charge on any atom is 0.407 e. The first-order valence-corrected chi connectivity index (χ1v) is 6.26. The topological polar surface area (TPSA) is 136 Å². The Hall–Kier alpha value is -2.62. The van der Waals surface area contributed by atoms with Gasteiger partial charge in [-0.25, -0.2) is 15.6 Å². The minimum atomic E-state index is -0.508. The Morgan fingerprint density at radius 1 is 1.62 bits per heavy atom. The lowest BCUT2D eigenvalue weighted by Crippen LogP contribution is -2.37. The number of ether oxygens (including phenoxy) is 1. The molecule has 4 N–H and O–H groups in total. The second-order valence-electron chi connectivity index (χ2n) is 4.54. The van der Waals surface area contributed by atoms with E-state index in [0.29, 0.717) is 25.3 Å². The van der Waals surface area contributed by atoms with Crippen LogP contribution in [-0.4, -0.2) is 42.2 Å². The van der Waals surface area contributed by atoms with Crippen molar-refractivity contribution in [1.29, 1.82) is 0 Å². The number of hydrogen-bond donors (Lipinski definition) is 3. The fourth-order valence-electron chi connectivity index (χ4n) is 2.16. The highest BCUT2D eigenvalue weighted by atomic mass is 16.6. The molecule has 0 spiro atoms. The minimum Gasteiger partial charge on any atom is -0.453 e. The van der Waals surface area contributed by atoms with Crippen LogP contribution in [0.1, 0.15) is 6.42 Å². The van der Waals surface area contributed by atoms with Crippen LogP contribution >= 0.6 is 0 Å². The van der Waals surface area contributed by atoms with Crippen LogP contribution in [0.5, 0.6) is 0 Å². The van der Waals surface area contributed by atoms with E-state index in [-0.39, 0.29) is 17.5 Å². The molecule has 2 rings (SSSR count). The Morgan fingerprint density at radius 2 is 2.38 bits per heavy atom. The number of pyridine rings is 1. The summed E-state index contributed by atoms with van der Waals surface area (Å²) in [6.07, 6.45) is 0.198. The zero-order chi connectivity index (χ0) is 15.4. The van der Waals surface area contributed by atoms with Crippen molar-refractivity contribution in [1.82, 2.24) is 10.3 Å². The number of nitrogens with one attached hydrogen (secondary N) is 2. The third-order valence-corrected chi connectivity index (χ3v) is 3.17. The molecule has 1 aliphatic heterocycles. The number of hydrazine groups is 1. The van der Waals surface area contributed by atoms with Gasteiger partial charge in [-0.3, -0.25) is 10.1 Å². The van der Waals surface area contributed by atoms with Crippen LogP contribution in [0.15, 0.2) is 12.1 Å². The number of carbonyl (C=O) groups is 1. The summed E-state index contributed by atoms with van der Waals surface area (Å²) in [5.41, 5.74) is 2.21. The number of hydrogen-bond acceptors (Lipinski definition) is 8. The Bertz CT molecular complexity index is 552. The molecule has 0 aliphatic carbocycles. The number of rotatable bonds is 4. The van der Waals surface area contributed by atoms with Gasteiger partial charge in [-0.1, -0.05) is 0 Å². The van der Waals surface area contributed by atoms with Crippen LogP contribution in [0.2, 0.25) is 0 Å². The fraction of sp³-hybridized carbons (Fsp3) is 0.455. The van der Waals surface area contributed by atoms with Gasteiger partial charge < -0.3 is 20.4 Å². The molecule has 0 bridgehead atoms. The van der Waals surface area contributed by atoms with E-state index in [4.69, 9.17) is 5.84 Å². The molecule has 114 valence electrons. The van der Waals surface area contributed by atoms with Crippen LogP contribution in [0.4, 0.5) is 22.1 Å². The normalized spacial score (nSPS) is 17.4. The molecule has 0 saturated carbocycles. The van der Waals surface area contributed by atoms with Gasteiger partial charge in [-0.2, -0.15) is 0 Å². The predicted molar refractivity (Wildman–Crippen MR) is 74.9 cm³/mol. The molecule has 1 atom stereocenters. The van der Waals surface area contributed by atoms with Gasteiger partial charge in [0, 0.05) is 13.1 Å². The third kappa shape index (κ3) is 3.48. The molecule has 0 aromatic carbocycles. The van der Waals surface area contributed by atoms with Crippen molar-refractivity contribution in [2.24, 2.45) is 5.84 Å². The van der Waals surface area contributed by atoms with E-state index in [9.17, 15) is 14.9 Å². The van der Waals surface area contributed by atoms with E-state index < -0.39 is 11.0 Å². The molecular formula is C11H16N6O4. The van der Waals surface area contributed by atoms with Gasteiger partial charge in [0.15, 0.2) is 0 Å². The quantitative estimate of drug-likeness (QED) is 0.407. The first kappa shape index (κ1) is 14.8. The average molecular weight is 296 g/mol. The lowest BCUT2D eigenvalue weighted by molar-refractivity contribution is -0.384. The van der Waals surface area contributed by atoms with Crippen molar-refractivity contribution in [3.8, 4) is 0 Å². The average Bonchev–Trinajstić information content (AvgIpc) is 2.94.